The lowest BCUT2D eigenvalue weighted by Crippen LogP contribution is -2.07. The lowest BCUT2D eigenvalue weighted by Gasteiger charge is -2.07. The van der Waals surface area contributed by atoms with E-state index in [1.165, 1.54) is 4.88 Å². The number of halogens is 1. The minimum atomic E-state index is -0.858. The number of aliphatic carboxylic acids is 1. The van der Waals surface area contributed by atoms with Gasteiger partial charge in [-0.3, -0.25) is 4.79 Å². The fourth-order valence-corrected chi connectivity index (χ4v) is 2.58. The number of carboxylic acid groups (broad SMARTS) is 1. The minimum absolute atomic E-state index is 0.507. The zero-order valence-electron chi connectivity index (χ0n) is 11.3. The van der Waals surface area contributed by atoms with E-state index >= 15 is 0 Å². The summed E-state index contributed by atoms with van der Waals surface area (Å²) in [6.07, 6.45) is 1.03. The van der Waals surface area contributed by atoms with Crippen LogP contribution in [0.25, 0.3) is 0 Å². The molecule has 0 saturated carbocycles. The summed E-state index contributed by atoms with van der Waals surface area (Å²) in [6.45, 7) is 2.38. The molecule has 3 nitrogen and oxygen atoms in total. The highest BCUT2D eigenvalue weighted by Gasteiger charge is 2.15. The molecule has 1 aromatic carbocycles. The third-order valence-electron chi connectivity index (χ3n) is 2.71. The number of carboxylic acids is 1. The molecular formula is C15H18ClNO2S. The Morgan fingerprint density at radius 3 is 2.55 bits per heavy atom. The van der Waals surface area contributed by atoms with E-state index in [2.05, 4.69) is 17.5 Å². The number of hydrogen-bond acceptors (Lipinski definition) is 3. The van der Waals surface area contributed by atoms with E-state index in [1.54, 1.807) is 42.5 Å². The van der Waals surface area contributed by atoms with Crippen LogP contribution in [-0.2, 0) is 11.2 Å². The van der Waals surface area contributed by atoms with Crippen molar-refractivity contribution in [3.63, 3.8) is 0 Å². The maximum Gasteiger partial charge on any atom is 0.310 e. The monoisotopic (exact) mass is 311 g/mol. The van der Waals surface area contributed by atoms with E-state index < -0.39 is 11.9 Å². The summed E-state index contributed by atoms with van der Waals surface area (Å²) in [5.41, 5.74) is 5.99. The molecular weight excluding hydrogens is 294 g/mol. The molecule has 2 rings (SSSR count). The van der Waals surface area contributed by atoms with Crippen LogP contribution in [0, 0.1) is 0 Å². The molecule has 0 aliphatic rings. The summed E-state index contributed by atoms with van der Waals surface area (Å²) >= 11 is 7.57. The molecule has 1 atom stereocenters. The predicted octanol–water partition coefficient (Wildman–Crippen LogP) is 3.78. The summed E-state index contributed by atoms with van der Waals surface area (Å²) in [5, 5.41) is 11.3. The standard InChI is InChI=1S/C9H9ClO2.C6H9NS/c1-6(9(11)12)7-4-2-3-5-8(7)10;7-4-3-6-2-1-5-8-6/h2-6H,1H3,(H,11,12);1-2,5H,3-4,7H2. The zero-order valence-corrected chi connectivity index (χ0v) is 12.8. The van der Waals surface area contributed by atoms with Gasteiger partial charge in [0.15, 0.2) is 0 Å². The Bertz CT molecular complexity index is 528. The van der Waals surface area contributed by atoms with Gasteiger partial charge in [0.05, 0.1) is 5.92 Å². The van der Waals surface area contributed by atoms with Crippen LogP contribution in [0.3, 0.4) is 0 Å². The molecule has 0 aliphatic heterocycles. The molecule has 0 saturated heterocycles. The molecule has 5 heteroatoms. The number of carbonyl (C=O) groups is 1. The third-order valence-corrected chi connectivity index (χ3v) is 3.99. The van der Waals surface area contributed by atoms with Crippen molar-refractivity contribution in [2.45, 2.75) is 19.3 Å². The van der Waals surface area contributed by atoms with Gasteiger partial charge >= 0.3 is 5.97 Å². The van der Waals surface area contributed by atoms with E-state index in [4.69, 9.17) is 22.4 Å². The van der Waals surface area contributed by atoms with Crippen LogP contribution in [0.5, 0.6) is 0 Å². The highest BCUT2D eigenvalue weighted by Crippen LogP contribution is 2.23. The molecule has 0 amide bonds. The summed E-state index contributed by atoms with van der Waals surface area (Å²) < 4.78 is 0. The highest BCUT2D eigenvalue weighted by molar-refractivity contribution is 7.09. The van der Waals surface area contributed by atoms with Crippen LogP contribution in [0.4, 0.5) is 0 Å². The summed E-state index contributed by atoms with van der Waals surface area (Å²) in [4.78, 5) is 12.0. The Kier molecular flexibility index (Phi) is 7.30. The van der Waals surface area contributed by atoms with Crippen LogP contribution in [0.2, 0.25) is 5.02 Å². The van der Waals surface area contributed by atoms with Crippen molar-refractivity contribution in [2.75, 3.05) is 6.54 Å². The topological polar surface area (TPSA) is 63.3 Å². The van der Waals surface area contributed by atoms with Crippen molar-refractivity contribution < 1.29 is 9.90 Å². The molecule has 1 heterocycles. The molecule has 3 N–H and O–H groups in total. The molecule has 0 fully saturated rings. The van der Waals surface area contributed by atoms with Gasteiger partial charge in [0, 0.05) is 9.90 Å². The average molecular weight is 312 g/mol. The van der Waals surface area contributed by atoms with Gasteiger partial charge in [-0.05, 0) is 43.0 Å². The average Bonchev–Trinajstić information content (AvgIpc) is 2.93. The van der Waals surface area contributed by atoms with Crippen molar-refractivity contribution in [3.05, 3.63) is 57.2 Å². The van der Waals surface area contributed by atoms with Gasteiger partial charge in [0.1, 0.15) is 0 Å². The van der Waals surface area contributed by atoms with Gasteiger partial charge in [0.25, 0.3) is 0 Å². The van der Waals surface area contributed by atoms with Crippen LogP contribution in [0.15, 0.2) is 41.8 Å². The second-order valence-corrected chi connectivity index (χ2v) is 5.64. The van der Waals surface area contributed by atoms with E-state index in [-0.39, 0.29) is 0 Å². The minimum Gasteiger partial charge on any atom is -0.481 e. The normalized spacial score (nSPS) is 11.3. The number of rotatable bonds is 4. The second kappa shape index (κ2) is 8.74. The smallest absolute Gasteiger partial charge is 0.310 e. The summed E-state index contributed by atoms with van der Waals surface area (Å²) in [7, 11) is 0. The summed E-state index contributed by atoms with van der Waals surface area (Å²) in [5.74, 6) is -1.40. The molecule has 108 valence electrons. The fraction of sp³-hybridized carbons (Fsp3) is 0.267. The second-order valence-electron chi connectivity index (χ2n) is 4.20. The van der Waals surface area contributed by atoms with Crippen LogP contribution in [-0.4, -0.2) is 17.6 Å². The van der Waals surface area contributed by atoms with E-state index in [0.717, 1.165) is 13.0 Å². The fourth-order valence-electron chi connectivity index (χ4n) is 1.56. The molecule has 0 bridgehead atoms. The maximum absolute atomic E-state index is 10.6. The Morgan fingerprint density at radius 1 is 1.35 bits per heavy atom. The Hall–Kier alpha value is -1.36. The largest absolute Gasteiger partial charge is 0.481 e. The van der Waals surface area contributed by atoms with Gasteiger partial charge in [-0.1, -0.05) is 35.9 Å². The van der Waals surface area contributed by atoms with E-state index in [9.17, 15) is 4.79 Å². The number of benzene rings is 1. The zero-order chi connectivity index (χ0) is 15.0. The molecule has 0 radical (unpaired) electrons. The van der Waals surface area contributed by atoms with Crippen molar-refractivity contribution >= 4 is 28.9 Å². The third kappa shape index (κ3) is 5.33. The van der Waals surface area contributed by atoms with Gasteiger partial charge in [-0.15, -0.1) is 11.3 Å². The van der Waals surface area contributed by atoms with E-state index in [1.807, 2.05) is 0 Å². The van der Waals surface area contributed by atoms with Crippen LogP contribution < -0.4 is 5.73 Å². The van der Waals surface area contributed by atoms with Crippen molar-refractivity contribution in [1.29, 1.82) is 0 Å². The van der Waals surface area contributed by atoms with Crippen LogP contribution >= 0.6 is 22.9 Å². The first-order valence-electron chi connectivity index (χ1n) is 6.26. The SMILES string of the molecule is CC(C(=O)O)c1ccccc1Cl.NCCc1cccs1. The van der Waals surface area contributed by atoms with Crippen molar-refractivity contribution in [2.24, 2.45) is 5.73 Å². The Morgan fingerprint density at radius 2 is 2.05 bits per heavy atom. The van der Waals surface area contributed by atoms with Gasteiger partial charge in [-0.2, -0.15) is 0 Å². The number of nitrogens with two attached hydrogens (primary N) is 1. The molecule has 1 aromatic heterocycles. The number of thiophene rings is 1. The lowest BCUT2D eigenvalue weighted by atomic mass is 10.0. The molecule has 1 unspecified atom stereocenters. The number of hydrogen-bond donors (Lipinski definition) is 2. The van der Waals surface area contributed by atoms with Gasteiger partial charge in [0.2, 0.25) is 0 Å². The van der Waals surface area contributed by atoms with Gasteiger partial charge in [-0.25, -0.2) is 0 Å². The first-order chi connectivity index (χ1) is 9.56. The lowest BCUT2D eigenvalue weighted by molar-refractivity contribution is -0.138. The maximum atomic E-state index is 10.6. The predicted molar refractivity (Wildman–Crippen MR) is 84.6 cm³/mol. The Labute approximate surface area is 128 Å². The summed E-state index contributed by atoms with van der Waals surface area (Å²) in [6, 6.07) is 11.1. The Balaban J connectivity index is 0.000000217. The van der Waals surface area contributed by atoms with Gasteiger partial charge < -0.3 is 10.8 Å². The van der Waals surface area contributed by atoms with Crippen LogP contribution in [0.1, 0.15) is 23.3 Å². The first kappa shape index (κ1) is 16.7. The molecule has 0 aliphatic carbocycles. The quantitative estimate of drug-likeness (QED) is 0.903. The first-order valence-corrected chi connectivity index (χ1v) is 7.51. The molecule has 2 aromatic rings. The highest BCUT2D eigenvalue weighted by atomic mass is 35.5. The molecule has 20 heavy (non-hydrogen) atoms. The van der Waals surface area contributed by atoms with Crippen molar-refractivity contribution in [3.8, 4) is 0 Å². The molecule has 0 spiro atoms. The van der Waals surface area contributed by atoms with Crippen molar-refractivity contribution in [1.82, 2.24) is 0 Å². The van der Waals surface area contributed by atoms with E-state index in [0.29, 0.717) is 10.6 Å².